The van der Waals surface area contributed by atoms with Crippen LogP contribution in [0.5, 0.6) is 5.75 Å². The van der Waals surface area contributed by atoms with Crippen molar-refractivity contribution in [2.24, 2.45) is 0 Å². The number of amides is 1. The number of esters is 1. The largest absolute Gasteiger partial charge is 0.423 e. The summed E-state index contributed by atoms with van der Waals surface area (Å²) in [6.07, 6.45) is 9.59. The third-order valence-electron chi connectivity index (χ3n) is 4.73. The second-order valence-electron chi connectivity index (χ2n) is 7.06. The summed E-state index contributed by atoms with van der Waals surface area (Å²) in [6, 6.07) is 4.05. The lowest BCUT2D eigenvalue weighted by molar-refractivity contribution is -0.384. The summed E-state index contributed by atoms with van der Waals surface area (Å²) in [5.41, 5.74) is 0.347. The molecule has 0 aromatic heterocycles. The number of unbranched alkanes of at least 4 members (excludes halogenated alkanes) is 7. The summed E-state index contributed by atoms with van der Waals surface area (Å²) in [4.78, 5) is 35.9. The Morgan fingerprint density at radius 2 is 1.86 bits per heavy atom. The number of anilines is 1. The Morgan fingerprint density at radius 3 is 2.54 bits per heavy atom. The third kappa shape index (κ3) is 6.83. The standard InChI is InChI=1S/C20H29N3O5/c1-2-3-4-5-6-7-8-9-12-21-19(24)14-22-15-20(25)28-18-13-16(23(26)27)10-11-17(18)22/h10-11,13H,2-9,12,14-15H2,1H3,(H,21,24). The molecule has 1 heterocycles. The Balaban J connectivity index is 1.74. The third-order valence-corrected chi connectivity index (χ3v) is 4.73. The summed E-state index contributed by atoms with van der Waals surface area (Å²) in [5, 5.41) is 13.7. The van der Waals surface area contributed by atoms with Crippen molar-refractivity contribution in [3.8, 4) is 5.75 Å². The molecule has 0 atom stereocenters. The van der Waals surface area contributed by atoms with Crippen LogP contribution >= 0.6 is 0 Å². The molecule has 0 radical (unpaired) electrons. The number of rotatable bonds is 12. The molecule has 1 aromatic carbocycles. The fourth-order valence-corrected chi connectivity index (χ4v) is 3.21. The van der Waals surface area contributed by atoms with Crippen molar-refractivity contribution >= 4 is 23.3 Å². The lowest BCUT2D eigenvalue weighted by Crippen LogP contribution is -2.43. The molecule has 0 bridgehead atoms. The lowest BCUT2D eigenvalue weighted by atomic mass is 10.1. The van der Waals surface area contributed by atoms with Crippen LogP contribution in [0.1, 0.15) is 58.3 Å². The van der Waals surface area contributed by atoms with Crippen molar-refractivity contribution < 1.29 is 19.2 Å². The average molecular weight is 391 g/mol. The van der Waals surface area contributed by atoms with Gasteiger partial charge in [-0.15, -0.1) is 0 Å². The van der Waals surface area contributed by atoms with E-state index in [0.717, 1.165) is 12.8 Å². The van der Waals surface area contributed by atoms with Gasteiger partial charge in [0.1, 0.15) is 6.54 Å². The molecule has 28 heavy (non-hydrogen) atoms. The minimum Gasteiger partial charge on any atom is -0.423 e. The Labute approximate surface area is 165 Å². The van der Waals surface area contributed by atoms with E-state index in [1.807, 2.05) is 0 Å². The number of ether oxygens (including phenoxy) is 1. The smallest absolute Gasteiger partial charge is 0.331 e. The highest BCUT2D eigenvalue weighted by atomic mass is 16.6. The van der Waals surface area contributed by atoms with Gasteiger partial charge in [-0.25, -0.2) is 4.79 Å². The second-order valence-corrected chi connectivity index (χ2v) is 7.06. The molecule has 2 rings (SSSR count). The van der Waals surface area contributed by atoms with Crippen LogP contribution in [-0.4, -0.2) is 36.4 Å². The first-order valence-electron chi connectivity index (χ1n) is 10.0. The summed E-state index contributed by atoms with van der Waals surface area (Å²) >= 11 is 0. The van der Waals surface area contributed by atoms with E-state index in [0.29, 0.717) is 12.2 Å². The maximum atomic E-state index is 12.2. The van der Waals surface area contributed by atoms with Gasteiger partial charge in [0.2, 0.25) is 5.91 Å². The maximum absolute atomic E-state index is 12.2. The number of fused-ring (bicyclic) bond motifs is 1. The monoisotopic (exact) mass is 391 g/mol. The predicted octanol–water partition coefficient (Wildman–Crippen LogP) is 3.58. The number of hydrogen-bond acceptors (Lipinski definition) is 6. The first-order valence-corrected chi connectivity index (χ1v) is 10.0. The number of nitro groups is 1. The summed E-state index contributed by atoms with van der Waals surface area (Å²) < 4.78 is 5.08. The lowest BCUT2D eigenvalue weighted by Gasteiger charge is -2.28. The SMILES string of the molecule is CCCCCCCCCCNC(=O)CN1CC(=O)Oc2cc([N+](=O)[O-])ccc21. The molecular formula is C20H29N3O5. The molecule has 0 spiro atoms. The van der Waals surface area contributed by atoms with E-state index in [2.05, 4.69) is 12.2 Å². The van der Waals surface area contributed by atoms with Crippen molar-refractivity contribution in [1.82, 2.24) is 5.32 Å². The molecule has 1 N–H and O–H groups in total. The number of hydrogen-bond donors (Lipinski definition) is 1. The van der Waals surface area contributed by atoms with Crippen LogP contribution in [-0.2, 0) is 9.59 Å². The zero-order chi connectivity index (χ0) is 20.4. The van der Waals surface area contributed by atoms with Crippen LogP contribution in [0.4, 0.5) is 11.4 Å². The minimum atomic E-state index is -0.552. The molecule has 154 valence electrons. The van der Waals surface area contributed by atoms with E-state index in [-0.39, 0.29) is 30.4 Å². The van der Waals surface area contributed by atoms with Gasteiger partial charge in [0.15, 0.2) is 5.75 Å². The van der Waals surface area contributed by atoms with E-state index in [4.69, 9.17) is 4.74 Å². The highest BCUT2D eigenvalue weighted by Gasteiger charge is 2.27. The number of non-ortho nitro benzene ring substituents is 1. The van der Waals surface area contributed by atoms with Gasteiger partial charge in [0.25, 0.3) is 5.69 Å². The van der Waals surface area contributed by atoms with E-state index >= 15 is 0 Å². The Hall–Kier alpha value is -2.64. The van der Waals surface area contributed by atoms with Crippen LogP contribution in [0.3, 0.4) is 0 Å². The molecular weight excluding hydrogens is 362 g/mol. The van der Waals surface area contributed by atoms with Crippen molar-refractivity contribution in [2.75, 3.05) is 24.5 Å². The van der Waals surface area contributed by atoms with E-state index in [1.54, 1.807) is 4.90 Å². The fraction of sp³-hybridized carbons (Fsp3) is 0.600. The molecule has 1 aromatic rings. The van der Waals surface area contributed by atoms with Gasteiger partial charge in [-0.05, 0) is 12.5 Å². The van der Waals surface area contributed by atoms with Gasteiger partial charge in [-0.2, -0.15) is 0 Å². The molecule has 8 nitrogen and oxygen atoms in total. The van der Waals surface area contributed by atoms with Gasteiger partial charge in [-0.3, -0.25) is 14.9 Å². The Kier molecular flexibility index (Phi) is 8.71. The molecule has 8 heteroatoms. The Morgan fingerprint density at radius 1 is 1.18 bits per heavy atom. The molecule has 0 saturated carbocycles. The molecule has 0 unspecified atom stereocenters. The first kappa shape index (κ1) is 21.7. The van der Waals surface area contributed by atoms with Crippen molar-refractivity contribution in [3.63, 3.8) is 0 Å². The van der Waals surface area contributed by atoms with Crippen molar-refractivity contribution in [1.29, 1.82) is 0 Å². The highest BCUT2D eigenvalue weighted by molar-refractivity contribution is 5.89. The summed E-state index contributed by atoms with van der Waals surface area (Å²) in [6.45, 7) is 2.77. The van der Waals surface area contributed by atoms with Crippen molar-refractivity contribution in [3.05, 3.63) is 28.3 Å². The number of carbonyl (C=O) groups is 2. The molecule has 1 aliphatic rings. The van der Waals surface area contributed by atoms with Crippen LogP contribution in [0.15, 0.2) is 18.2 Å². The van der Waals surface area contributed by atoms with E-state index in [1.165, 1.54) is 56.7 Å². The van der Waals surface area contributed by atoms with Crippen LogP contribution in [0.25, 0.3) is 0 Å². The van der Waals surface area contributed by atoms with Crippen LogP contribution in [0, 0.1) is 10.1 Å². The molecule has 0 fully saturated rings. The average Bonchev–Trinajstić information content (AvgIpc) is 2.66. The van der Waals surface area contributed by atoms with Gasteiger partial charge in [0.05, 0.1) is 23.2 Å². The van der Waals surface area contributed by atoms with Gasteiger partial charge in [-0.1, -0.05) is 51.9 Å². The quantitative estimate of drug-likeness (QED) is 0.192. The highest BCUT2D eigenvalue weighted by Crippen LogP contribution is 2.34. The number of nitrogens with zero attached hydrogens (tertiary/aromatic N) is 2. The number of carbonyl (C=O) groups excluding carboxylic acids is 2. The molecule has 0 aliphatic carbocycles. The van der Waals surface area contributed by atoms with Gasteiger partial charge < -0.3 is 15.0 Å². The first-order chi connectivity index (χ1) is 13.5. The topological polar surface area (TPSA) is 102 Å². The van der Waals surface area contributed by atoms with Gasteiger partial charge in [0, 0.05) is 12.6 Å². The second kappa shape index (κ2) is 11.3. The molecule has 1 aliphatic heterocycles. The normalized spacial score (nSPS) is 13.0. The van der Waals surface area contributed by atoms with E-state index in [9.17, 15) is 19.7 Å². The maximum Gasteiger partial charge on any atom is 0.331 e. The van der Waals surface area contributed by atoms with Crippen LogP contribution < -0.4 is 15.0 Å². The van der Waals surface area contributed by atoms with Crippen LogP contribution in [0.2, 0.25) is 0 Å². The summed E-state index contributed by atoms with van der Waals surface area (Å²) in [7, 11) is 0. The zero-order valence-electron chi connectivity index (χ0n) is 16.4. The fourth-order valence-electron chi connectivity index (χ4n) is 3.21. The predicted molar refractivity (Wildman–Crippen MR) is 107 cm³/mol. The van der Waals surface area contributed by atoms with E-state index < -0.39 is 10.9 Å². The number of benzene rings is 1. The molecule has 1 amide bonds. The number of nitro benzene ring substituents is 1. The van der Waals surface area contributed by atoms with Gasteiger partial charge >= 0.3 is 5.97 Å². The van der Waals surface area contributed by atoms with Crippen molar-refractivity contribution in [2.45, 2.75) is 58.3 Å². The number of nitrogens with one attached hydrogen (secondary N) is 1. The molecule has 0 saturated heterocycles. The summed E-state index contributed by atoms with van der Waals surface area (Å²) in [5.74, 6) is -0.604. The minimum absolute atomic E-state index is 0.0108. The zero-order valence-corrected chi connectivity index (χ0v) is 16.4. The Bertz CT molecular complexity index is 692.